The SMILES string of the molecule is C[C@H](OCc1cccc([N+](=O)[O-])c1)C(=O)O. The lowest BCUT2D eigenvalue weighted by atomic mass is 10.2. The zero-order valence-corrected chi connectivity index (χ0v) is 8.62. The summed E-state index contributed by atoms with van der Waals surface area (Å²) in [5.74, 6) is -1.06. The smallest absolute Gasteiger partial charge is 0.332 e. The number of non-ortho nitro benzene ring substituents is 1. The maximum Gasteiger partial charge on any atom is 0.332 e. The predicted molar refractivity (Wildman–Crippen MR) is 55.0 cm³/mol. The van der Waals surface area contributed by atoms with Crippen LogP contribution in [-0.4, -0.2) is 22.1 Å². The Hall–Kier alpha value is -1.95. The Morgan fingerprint density at radius 1 is 1.62 bits per heavy atom. The van der Waals surface area contributed by atoms with E-state index in [0.717, 1.165) is 0 Å². The third-order valence-corrected chi connectivity index (χ3v) is 1.97. The summed E-state index contributed by atoms with van der Waals surface area (Å²) in [5.41, 5.74) is 0.534. The van der Waals surface area contributed by atoms with E-state index < -0.39 is 17.0 Å². The Morgan fingerprint density at radius 2 is 2.31 bits per heavy atom. The number of carboxylic acids is 1. The fourth-order valence-electron chi connectivity index (χ4n) is 1.05. The Balaban J connectivity index is 2.64. The van der Waals surface area contributed by atoms with Crippen LogP contribution in [0.15, 0.2) is 24.3 Å². The van der Waals surface area contributed by atoms with Gasteiger partial charge in [0.1, 0.15) is 0 Å². The average Bonchev–Trinajstić information content (AvgIpc) is 2.26. The normalized spacial score (nSPS) is 12.1. The summed E-state index contributed by atoms with van der Waals surface area (Å²) >= 11 is 0. The standard InChI is InChI=1S/C10H11NO5/c1-7(10(12)13)16-6-8-3-2-4-9(5-8)11(14)15/h2-5,7H,6H2,1H3,(H,12,13)/t7-/m0/s1. The maximum atomic E-state index is 10.5. The van der Waals surface area contributed by atoms with Crippen LogP contribution in [0.2, 0.25) is 0 Å². The van der Waals surface area contributed by atoms with E-state index in [-0.39, 0.29) is 12.3 Å². The number of nitro groups is 1. The maximum absolute atomic E-state index is 10.5. The van der Waals surface area contributed by atoms with Gasteiger partial charge in [0.05, 0.1) is 11.5 Å². The van der Waals surface area contributed by atoms with E-state index in [4.69, 9.17) is 9.84 Å². The summed E-state index contributed by atoms with van der Waals surface area (Å²) in [6, 6.07) is 5.89. The quantitative estimate of drug-likeness (QED) is 0.607. The lowest BCUT2D eigenvalue weighted by Gasteiger charge is -2.07. The molecule has 0 spiro atoms. The number of rotatable bonds is 5. The first-order chi connectivity index (χ1) is 7.50. The van der Waals surface area contributed by atoms with E-state index in [9.17, 15) is 14.9 Å². The molecule has 6 heteroatoms. The second-order valence-electron chi connectivity index (χ2n) is 3.22. The first-order valence-corrected chi connectivity index (χ1v) is 4.58. The van der Waals surface area contributed by atoms with E-state index in [1.807, 2.05) is 0 Å². The monoisotopic (exact) mass is 225 g/mol. The first-order valence-electron chi connectivity index (χ1n) is 4.58. The minimum atomic E-state index is -1.06. The first kappa shape index (κ1) is 12.1. The van der Waals surface area contributed by atoms with E-state index >= 15 is 0 Å². The van der Waals surface area contributed by atoms with Gasteiger partial charge in [0.25, 0.3) is 5.69 Å². The van der Waals surface area contributed by atoms with Crippen molar-refractivity contribution >= 4 is 11.7 Å². The third-order valence-electron chi connectivity index (χ3n) is 1.97. The van der Waals surface area contributed by atoms with Crippen molar-refractivity contribution in [2.24, 2.45) is 0 Å². The van der Waals surface area contributed by atoms with Crippen molar-refractivity contribution in [3.05, 3.63) is 39.9 Å². The number of hydrogen-bond acceptors (Lipinski definition) is 4. The molecule has 6 nitrogen and oxygen atoms in total. The average molecular weight is 225 g/mol. The molecule has 0 heterocycles. The largest absolute Gasteiger partial charge is 0.479 e. The molecular weight excluding hydrogens is 214 g/mol. The minimum absolute atomic E-state index is 0.0369. The van der Waals surface area contributed by atoms with Crippen molar-refractivity contribution < 1.29 is 19.6 Å². The molecular formula is C10H11NO5. The van der Waals surface area contributed by atoms with Gasteiger partial charge in [-0.3, -0.25) is 10.1 Å². The highest BCUT2D eigenvalue weighted by Crippen LogP contribution is 2.14. The van der Waals surface area contributed by atoms with Crippen LogP contribution in [0.4, 0.5) is 5.69 Å². The zero-order chi connectivity index (χ0) is 12.1. The van der Waals surface area contributed by atoms with Crippen LogP contribution in [0, 0.1) is 10.1 Å². The van der Waals surface area contributed by atoms with E-state index in [1.165, 1.54) is 25.1 Å². The van der Waals surface area contributed by atoms with Gasteiger partial charge in [-0.05, 0) is 12.5 Å². The Bertz CT molecular complexity index is 404. The molecule has 0 saturated heterocycles. The van der Waals surface area contributed by atoms with Crippen LogP contribution in [0.25, 0.3) is 0 Å². The number of nitro benzene ring substituents is 1. The highest BCUT2D eigenvalue weighted by atomic mass is 16.6. The third kappa shape index (κ3) is 3.32. The Labute approximate surface area is 91.6 Å². The highest BCUT2D eigenvalue weighted by molar-refractivity contribution is 5.71. The summed E-state index contributed by atoms with van der Waals surface area (Å²) in [7, 11) is 0. The van der Waals surface area contributed by atoms with E-state index in [0.29, 0.717) is 5.56 Å². The molecule has 0 aromatic heterocycles. The van der Waals surface area contributed by atoms with Gasteiger partial charge in [-0.2, -0.15) is 0 Å². The summed E-state index contributed by atoms with van der Waals surface area (Å²) in [5, 5.41) is 19.0. The van der Waals surface area contributed by atoms with Gasteiger partial charge in [0, 0.05) is 12.1 Å². The number of carbonyl (C=O) groups is 1. The summed E-state index contributed by atoms with van der Waals surface area (Å²) in [4.78, 5) is 20.4. The highest BCUT2D eigenvalue weighted by Gasteiger charge is 2.12. The van der Waals surface area contributed by atoms with Gasteiger partial charge < -0.3 is 9.84 Å². The molecule has 0 bridgehead atoms. The van der Waals surface area contributed by atoms with Crippen molar-refractivity contribution in [1.82, 2.24) is 0 Å². The molecule has 86 valence electrons. The van der Waals surface area contributed by atoms with Crippen LogP contribution < -0.4 is 0 Å². The molecule has 1 N–H and O–H groups in total. The van der Waals surface area contributed by atoms with E-state index in [2.05, 4.69) is 0 Å². The number of ether oxygens (including phenoxy) is 1. The summed E-state index contributed by atoms with van der Waals surface area (Å²) < 4.78 is 5.00. The fourth-order valence-corrected chi connectivity index (χ4v) is 1.05. The van der Waals surface area contributed by atoms with Gasteiger partial charge in [-0.25, -0.2) is 4.79 Å². The zero-order valence-electron chi connectivity index (χ0n) is 8.62. The topological polar surface area (TPSA) is 89.7 Å². The number of nitrogens with zero attached hydrogens (tertiary/aromatic N) is 1. The molecule has 0 fully saturated rings. The van der Waals surface area contributed by atoms with Crippen LogP contribution in [0.5, 0.6) is 0 Å². The molecule has 1 atom stereocenters. The van der Waals surface area contributed by atoms with E-state index in [1.54, 1.807) is 6.07 Å². The lowest BCUT2D eigenvalue weighted by Crippen LogP contribution is -2.19. The van der Waals surface area contributed by atoms with Crippen molar-refractivity contribution in [3.8, 4) is 0 Å². The van der Waals surface area contributed by atoms with Gasteiger partial charge in [0.15, 0.2) is 6.10 Å². The van der Waals surface area contributed by atoms with Crippen LogP contribution >= 0.6 is 0 Å². The van der Waals surface area contributed by atoms with Crippen molar-refractivity contribution in [3.63, 3.8) is 0 Å². The molecule has 16 heavy (non-hydrogen) atoms. The predicted octanol–water partition coefficient (Wildman–Crippen LogP) is 1.58. The van der Waals surface area contributed by atoms with Gasteiger partial charge in [-0.1, -0.05) is 12.1 Å². The second-order valence-corrected chi connectivity index (χ2v) is 3.22. The molecule has 0 amide bonds. The van der Waals surface area contributed by atoms with Crippen LogP contribution in [0.3, 0.4) is 0 Å². The van der Waals surface area contributed by atoms with Gasteiger partial charge in [0.2, 0.25) is 0 Å². The number of hydrogen-bond donors (Lipinski definition) is 1. The molecule has 0 saturated carbocycles. The lowest BCUT2D eigenvalue weighted by molar-refractivity contribution is -0.385. The van der Waals surface area contributed by atoms with Crippen LogP contribution in [-0.2, 0) is 16.1 Å². The fraction of sp³-hybridized carbons (Fsp3) is 0.300. The van der Waals surface area contributed by atoms with Crippen molar-refractivity contribution in [2.45, 2.75) is 19.6 Å². The molecule has 0 aliphatic heterocycles. The van der Waals surface area contributed by atoms with Gasteiger partial charge >= 0.3 is 5.97 Å². The second kappa shape index (κ2) is 5.22. The summed E-state index contributed by atoms with van der Waals surface area (Å²) in [6.45, 7) is 1.44. The molecule has 1 aromatic carbocycles. The van der Waals surface area contributed by atoms with Crippen molar-refractivity contribution in [2.75, 3.05) is 0 Å². The molecule has 1 aromatic rings. The number of carboxylic acid groups (broad SMARTS) is 1. The number of aliphatic carboxylic acids is 1. The Kier molecular flexibility index (Phi) is 3.96. The molecule has 0 aliphatic carbocycles. The number of benzene rings is 1. The van der Waals surface area contributed by atoms with Crippen LogP contribution in [0.1, 0.15) is 12.5 Å². The molecule has 1 rings (SSSR count). The molecule has 0 radical (unpaired) electrons. The summed E-state index contributed by atoms with van der Waals surface area (Å²) in [6.07, 6.45) is -0.931. The van der Waals surface area contributed by atoms with Crippen molar-refractivity contribution in [1.29, 1.82) is 0 Å². The molecule has 0 aliphatic rings. The Morgan fingerprint density at radius 3 is 2.88 bits per heavy atom. The molecule has 0 unspecified atom stereocenters. The van der Waals surface area contributed by atoms with Gasteiger partial charge in [-0.15, -0.1) is 0 Å². The minimum Gasteiger partial charge on any atom is -0.479 e.